The lowest BCUT2D eigenvalue weighted by molar-refractivity contribution is 0.169. The van der Waals surface area contributed by atoms with Gasteiger partial charge in [-0.15, -0.1) is 0 Å². The molecule has 0 bridgehead atoms. The Morgan fingerprint density at radius 3 is 2.64 bits per heavy atom. The molecule has 0 saturated heterocycles. The van der Waals surface area contributed by atoms with Gasteiger partial charge in [0, 0.05) is 22.9 Å². The van der Waals surface area contributed by atoms with Crippen LogP contribution in [0.1, 0.15) is 18.5 Å². The van der Waals surface area contributed by atoms with Crippen molar-refractivity contribution in [2.45, 2.75) is 17.9 Å². The first-order valence-corrected chi connectivity index (χ1v) is 9.88. The Balaban J connectivity index is 2.00. The highest BCUT2D eigenvalue weighted by atomic mass is 35.5. The van der Waals surface area contributed by atoms with Gasteiger partial charge in [-0.05, 0) is 31.2 Å². The zero-order valence-corrected chi connectivity index (χ0v) is 15.2. The van der Waals surface area contributed by atoms with Crippen LogP contribution in [0, 0.1) is 5.82 Å². The zero-order chi connectivity index (χ0) is 18.2. The number of nitrogens with one attached hydrogen (secondary N) is 1. The summed E-state index contributed by atoms with van der Waals surface area (Å²) in [7, 11) is -3.51. The van der Waals surface area contributed by atoms with Gasteiger partial charge in [-0.25, -0.2) is 12.8 Å². The summed E-state index contributed by atoms with van der Waals surface area (Å²) in [4.78, 5) is 0.0221. The first-order valence-electron chi connectivity index (χ1n) is 7.61. The average molecular weight is 386 g/mol. The van der Waals surface area contributed by atoms with Crippen LogP contribution in [0.4, 0.5) is 10.1 Å². The summed E-state index contributed by atoms with van der Waals surface area (Å²) in [6.45, 7) is 2.64. The molecule has 5 nitrogen and oxygen atoms in total. The third kappa shape index (κ3) is 3.82. The molecule has 0 amide bonds. The standard InChI is InChI=1S/C17H17ClFNO4S/c1-10(13-7-11(18)8-15-17(13)24-6-5-23-15)20-14-9-12(19)3-4-16(14)25(2,21)22/h3-4,7-10,20H,5-6H2,1-2H3. The fraction of sp³-hybridized carbons (Fsp3) is 0.294. The van der Waals surface area contributed by atoms with E-state index in [1.165, 1.54) is 6.07 Å². The molecule has 2 aromatic rings. The summed E-state index contributed by atoms with van der Waals surface area (Å²) in [6, 6.07) is 6.50. The van der Waals surface area contributed by atoms with Crippen LogP contribution < -0.4 is 14.8 Å². The van der Waals surface area contributed by atoms with E-state index in [-0.39, 0.29) is 10.6 Å². The maximum Gasteiger partial charge on any atom is 0.177 e. The van der Waals surface area contributed by atoms with Crippen LogP contribution >= 0.6 is 11.6 Å². The topological polar surface area (TPSA) is 64.6 Å². The average Bonchev–Trinajstić information content (AvgIpc) is 2.52. The van der Waals surface area contributed by atoms with Crippen molar-refractivity contribution < 1.29 is 22.3 Å². The summed E-state index contributed by atoms with van der Waals surface area (Å²) in [5.74, 6) is 0.549. The van der Waals surface area contributed by atoms with Crippen molar-refractivity contribution in [2.24, 2.45) is 0 Å². The minimum Gasteiger partial charge on any atom is -0.486 e. The van der Waals surface area contributed by atoms with E-state index in [1.807, 2.05) is 0 Å². The second-order valence-corrected chi connectivity index (χ2v) is 8.22. The maximum atomic E-state index is 13.6. The summed E-state index contributed by atoms with van der Waals surface area (Å²) >= 11 is 6.14. The van der Waals surface area contributed by atoms with Crippen molar-refractivity contribution in [3.8, 4) is 11.5 Å². The molecule has 1 aliphatic rings. The van der Waals surface area contributed by atoms with E-state index in [1.54, 1.807) is 19.1 Å². The molecule has 1 atom stereocenters. The molecule has 0 spiro atoms. The zero-order valence-electron chi connectivity index (χ0n) is 13.7. The first-order chi connectivity index (χ1) is 11.8. The third-order valence-corrected chi connectivity index (χ3v) is 5.19. The number of ether oxygens (including phenoxy) is 2. The lowest BCUT2D eigenvalue weighted by Gasteiger charge is -2.25. The molecule has 134 valence electrons. The van der Waals surface area contributed by atoms with Crippen molar-refractivity contribution in [3.63, 3.8) is 0 Å². The molecule has 0 fully saturated rings. The predicted octanol–water partition coefficient (Wildman–Crippen LogP) is 3.83. The highest BCUT2D eigenvalue weighted by Crippen LogP contribution is 2.41. The number of hydrogen-bond donors (Lipinski definition) is 1. The van der Waals surface area contributed by atoms with Crippen LogP contribution in [0.5, 0.6) is 11.5 Å². The van der Waals surface area contributed by atoms with Crippen molar-refractivity contribution >= 4 is 27.1 Å². The van der Waals surface area contributed by atoms with Gasteiger partial charge >= 0.3 is 0 Å². The van der Waals surface area contributed by atoms with Crippen LogP contribution in [0.15, 0.2) is 35.2 Å². The second kappa shape index (κ2) is 6.72. The number of halogens is 2. The van der Waals surface area contributed by atoms with E-state index >= 15 is 0 Å². The van der Waals surface area contributed by atoms with Crippen LogP contribution in [-0.4, -0.2) is 27.9 Å². The number of sulfone groups is 1. The lowest BCUT2D eigenvalue weighted by Crippen LogP contribution is -2.19. The number of hydrogen-bond acceptors (Lipinski definition) is 5. The maximum absolute atomic E-state index is 13.6. The van der Waals surface area contributed by atoms with Crippen LogP contribution in [0.25, 0.3) is 0 Å². The molecular weight excluding hydrogens is 369 g/mol. The smallest absolute Gasteiger partial charge is 0.177 e. The molecule has 1 aliphatic heterocycles. The monoisotopic (exact) mass is 385 g/mol. The number of benzene rings is 2. The van der Waals surface area contributed by atoms with Gasteiger partial charge in [-0.2, -0.15) is 0 Å². The lowest BCUT2D eigenvalue weighted by atomic mass is 10.1. The highest BCUT2D eigenvalue weighted by Gasteiger charge is 2.23. The normalized spacial score (nSPS) is 14.9. The van der Waals surface area contributed by atoms with Gasteiger partial charge in [0.1, 0.15) is 19.0 Å². The predicted molar refractivity (Wildman–Crippen MR) is 94.0 cm³/mol. The van der Waals surface area contributed by atoms with E-state index in [0.29, 0.717) is 35.3 Å². The van der Waals surface area contributed by atoms with E-state index in [0.717, 1.165) is 18.4 Å². The SMILES string of the molecule is CC(Nc1cc(F)ccc1S(C)(=O)=O)c1cc(Cl)cc2c1OCCO2. The van der Waals surface area contributed by atoms with Crippen molar-refractivity contribution in [1.82, 2.24) is 0 Å². The molecule has 0 radical (unpaired) electrons. The minimum atomic E-state index is -3.51. The van der Waals surface area contributed by atoms with Crippen LogP contribution in [0.2, 0.25) is 5.02 Å². The molecule has 2 aromatic carbocycles. The molecule has 8 heteroatoms. The minimum absolute atomic E-state index is 0.0221. The van der Waals surface area contributed by atoms with Crippen LogP contribution in [0.3, 0.4) is 0 Å². The van der Waals surface area contributed by atoms with Gasteiger partial charge in [0.2, 0.25) is 0 Å². The second-order valence-electron chi connectivity index (χ2n) is 5.80. The largest absolute Gasteiger partial charge is 0.486 e. The molecule has 3 rings (SSSR count). The van der Waals surface area contributed by atoms with Crippen molar-refractivity contribution in [2.75, 3.05) is 24.8 Å². The molecule has 1 N–H and O–H groups in total. The summed E-state index contributed by atoms with van der Waals surface area (Å²) in [5.41, 5.74) is 0.881. The van der Waals surface area contributed by atoms with E-state index in [9.17, 15) is 12.8 Å². The van der Waals surface area contributed by atoms with E-state index < -0.39 is 21.7 Å². The Bertz CT molecular complexity index is 917. The molecule has 0 aliphatic carbocycles. The summed E-state index contributed by atoms with van der Waals surface area (Å²) < 4.78 is 48.7. The van der Waals surface area contributed by atoms with Gasteiger partial charge < -0.3 is 14.8 Å². The number of anilines is 1. The Hall–Kier alpha value is -1.99. The Morgan fingerprint density at radius 2 is 1.92 bits per heavy atom. The van der Waals surface area contributed by atoms with E-state index in [4.69, 9.17) is 21.1 Å². The van der Waals surface area contributed by atoms with Crippen LogP contribution in [-0.2, 0) is 9.84 Å². The Morgan fingerprint density at radius 1 is 1.20 bits per heavy atom. The van der Waals surface area contributed by atoms with Gasteiger partial charge in [0.05, 0.1) is 16.6 Å². The van der Waals surface area contributed by atoms with Gasteiger partial charge in [0.25, 0.3) is 0 Å². The quantitative estimate of drug-likeness (QED) is 0.810. The van der Waals surface area contributed by atoms with Gasteiger partial charge in [0.15, 0.2) is 21.3 Å². The van der Waals surface area contributed by atoms with Crippen molar-refractivity contribution in [3.05, 3.63) is 46.7 Å². The van der Waals surface area contributed by atoms with Gasteiger partial charge in [-0.1, -0.05) is 11.6 Å². The first kappa shape index (κ1) is 17.8. The number of fused-ring (bicyclic) bond motifs is 1. The Kier molecular flexibility index (Phi) is 4.79. The molecule has 25 heavy (non-hydrogen) atoms. The van der Waals surface area contributed by atoms with E-state index in [2.05, 4.69) is 5.32 Å². The van der Waals surface area contributed by atoms with Crippen molar-refractivity contribution in [1.29, 1.82) is 0 Å². The fourth-order valence-electron chi connectivity index (χ4n) is 2.72. The number of rotatable bonds is 4. The third-order valence-electron chi connectivity index (χ3n) is 3.82. The molecule has 1 heterocycles. The summed E-state index contributed by atoms with van der Waals surface area (Å²) in [5, 5.41) is 3.51. The highest BCUT2D eigenvalue weighted by molar-refractivity contribution is 7.90. The molecule has 0 aromatic heterocycles. The Labute approximate surface area is 150 Å². The molecule has 0 saturated carbocycles. The molecule has 1 unspecified atom stereocenters. The summed E-state index contributed by atoms with van der Waals surface area (Å²) in [6.07, 6.45) is 1.08. The fourth-order valence-corrected chi connectivity index (χ4v) is 3.77. The van der Waals surface area contributed by atoms with Gasteiger partial charge in [-0.3, -0.25) is 0 Å². The molecular formula is C17H17ClFNO4S.